The molecule has 0 saturated heterocycles. The molecule has 2 rings (SSSR count). The fraction of sp³-hybridized carbons (Fsp3) is 0.412. The summed E-state index contributed by atoms with van der Waals surface area (Å²) in [5, 5.41) is 12.4. The Morgan fingerprint density at radius 2 is 1.91 bits per heavy atom. The lowest BCUT2D eigenvalue weighted by atomic mass is 9.93. The van der Waals surface area contributed by atoms with Gasteiger partial charge in [0.05, 0.1) is 7.11 Å². The molecule has 0 bridgehead atoms. The zero-order valence-corrected chi connectivity index (χ0v) is 15.0. The van der Waals surface area contributed by atoms with Crippen LogP contribution in [0.15, 0.2) is 33.5 Å². The topological polar surface area (TPSA) is 79.6 Å². The van der Waals surface area contributed by atoms with Gasteiger partial charge in [-0.05, 0) is 23.2 Å². The highest BCUT2D eigenvalue weighted by atomic mass is 28.3. The lowest BCUT2D eigenvalue weighted by Gasteiger charge is -2.34. The minimum atomic E-state index is -1.77. The van der Waals surface area contributed by atoms with Gasteiger partial charge in [-0.1, -0.05) is 26.6 Å². The number of rotatable bonds is 5. The average Bonchev–Trinajstić information content (AvgIpc) is 2.45. The molecule has 0 aliphatic carbocycles. The molecule has 0 amide bonds. The van der Waals surface area contributed by atoms with E-state index in [0.717, 1.165) is 0 Å². The van der Waals surface area contributed by atoms with Crippen LogP contribution in [0.5, 0.6) is 5.75 Å². The van der Waals surface area contributed by atoms with Gasteiger partial charge in [0.2, 0.25) is 0 Å². The van der Waals surface area contributed by atoms with Gasteiger partial charge in [-0.3, -0.25) is 0 Å². The predicted molar refractivity (Wildman–Crippen MR) is 89.6 cm³/mol. The van der Waals surface area contributed by atoms with Crippen LogP contribution in [-0.4, -0.2) is 21.2 Å². The lowest BCUT2D eigenvalue weighted by molar-refractivity contribution is -0.308. The largest absolute Gasteiger partial charge is 0.549 e. The molecule has 0 aliphatic heterocycles. The number of fused-ring (bicyclic) bond motifs is 1. The van der Waals surface area contributed by atoms with Gasteiger partial charge in [0.15, 0.2) is 0 Å². The molecule has 0 N–H and O–H groups in total. The van der Waals surface area contributed by atoms with Crippen molar-refractivity contribution in [3.05, 3.63) is 40.2 Å². The zero-order valence-electron chi connectivity index (χ0n) is 14.0. The number of carbonyl (C=O) groups is 1. The maximum atomic E-state index is 11.9. The van der Waals surface area contributed by atoms with Gasteiger partial charge in [-0.2, -0.15) is 0 Å². The smallest absolute Gasteiger partial charge is 0.336 e. The molecule has 0 radical (unpaired) electrons. The fourth-order valence-corrected chi connectivity index (χ4v) is 3.97. The summed E-state index contributed by atoms with van der Waals surface area (Å²) in [6, 6.07) is 6.30. The van der Waals surface area contributed by atoms with Crippen LogP contribution in [0.3, 0.4) is 0 Å². The molecule has 1 heterocycles. The number of aliphatic carboxylic acids is 1. The molecular weight excluding hydrogens is 312 g/mol. The van der Waals surface area contributed by atoms with Crippen molar-refractivity contribution in [2.45, 2.75) is 38.0 Å². The van der Waals surface area contributed by atoms with Crippen LogP contribution < -0.4 is 15.5 Å². The highest BCUT2D eigenvalue weighted by Gasteiger charge is 2.33. The number of carboxylic acids is 1. The van der Waals surface area contributed by atoms with Crippen LogP contribution in [0, 0.1) is 0 Å². The van der Waals surface area contributed by atoms with Crippen LogP contribution in [0.4, 0.5) is 0 Å². The van der Waals surface area contributed by atoms with Crippen molar-refractivity contribution in [2.75, 3.05) is 7.11 Å². The van der Waals surface area contributed by atoms with Gasteiger partial charge in [0.25, 0.3) is 0 Å². The molecule has 6 heteroatoms. The van der Waals surface area contributed by atoms with E-state index in [0.29, 0.717) is 22.3 Å². The van der Waals surface area contributed by atoms with E-state index in [4.69, 9.17) is 9.15 Å². The number of benzene rings is 1. The Morgan fingerprint density at radius 1 is 1.26 bits per heavy atom. The second-order valence-electron chi connectivity index (χ2n) is 6.83. The molecule has 2 unspecified atom stereocenters. The van der Waals surface area contributed by atoms with E-state index in [1.165, 1.54) is 13.2 Å². The van der Waals surface area contributed by atoms with E-state index < -0.39 is 25.6 Å². The second kappa shape index (κ2) is 6.20. The molecule has 5 nitrogen and oxygen atoms in total. The molecule has 0 saturated carbocycles. The third kappa shape index (κ3) is 3.47. The first-order chi connectivity index (χ1) is 10.6. The molecule has 23 heavy (non-hydrogen) atoms. The first-order valence-corrected chi connectivity index (χ1v) is 11.1. The summed E-state index contributed by atoms with van der Waals surface area (Å²) in [6.07, 6.45) is 0. The molecule has 124 valence electrons. The van der Waals surface area contributed by atoms with Crippen LogP contribution in [-0.2, 0) is 4.79 Å². The van der Waals surface area contributed by atoms with Crippen molar-refractivity contribution >= 4 is 25.0 Å². The van der Waals surface area contributed by atoms with Gasteiger partial charge in [-0.25, -0.2) is 4.79 Å². The highest BCUT2D eigenvalue weighted by Crippen LogP contribution is 2.39. The van der Waals surface area contributed by atoms with Gasteiger partial charge >= 0.3 is 5.63 Å². The third-order valence-corrected chi connectivity index (χ3v) is 7.50. The van der Waals surface area contributed by atoms with Crippen LogP contribution in [0.2, 0.25) is 25.2 Å². The molecular formula is C17H21O5Si-. The van der Waals surface area contributed by atoms with Gasteiger partial charge < -0.3 is 19.1 Å². The Hall–Kier alpha value is -2.08. The summed E-state index contributed by atoms with van der Waals surface area (Å²) >= 11 is 0. The first kappa shape index (κ1) is 17.3. The minimum Gasteiger partial charge on any atom is -0.549 e. The quantitative estimate of drug-likeness (QED) is 0.620. The summed E-state index contributed by atoms with van der Waals surface area (Å²) in [5.74, 6) is -1.47. The standard InChI is InChI=1S/C17H22O5Si/c1-10(23(3,4)5)16(17(19)20)13-9-15(18)22-14-8-11(21-2)6-7-12(13)14/h6-10,16H,1-5H3,(H,19,20)/p-1. The van der Waals surface area contributed by atoms with Crippen molar-refractivity contribution in [3.63, 3.8) is 0 Å². The number of carboxylic acid groups (broad SMARTS) is 1. The van der Waals surface area contributed by atoms with E-state index in [1.54, 1.807) is 18.2 Å². The van der Waals surface area contributed by atoms with Crippen molar-refractivity contribution in [2.24, 2.45) is 0 Å². The third-order valence-electron chi connectivity index (χ3n) is 4.44. The number of ether oxygens (including phenoxy) is 1. The van der Waals surface area contributed by atoms with Crippen molar-refractivity contribution in [1.29, 1.82) is 0 Å². The van der Waals surface area contributed by atoms with Crippen molar-refractivity contribution < 1.29 is 19.1 Å². The second-order valence-corrected chi connectivity index (χ2v) is 12.5. The fourth-order valence-electron chi connectivity index (χ4n) is 2.65. The monoisotopic (exact) mass is 333 g/mol. The molecule has 0 spiro atoms. The van der Waals surface area contributed by atoms with Crippen molar-refractivity contribution in [3.8, 4) is 5.75 Å². The van der Waals surface area contributed by atoms with Crippen LogP contribution in [0.25, 0.3) is 11.0 Å². The zero-order chi connectivity index (χ0) is 17.4. The van der Waals surface area contributed by atoms with Gasteiger partial charge in [0.1, 0.15) is 11.3 Å². The van der Waals surface area contributed by atoms with E-state index in [1.807, 2.05) is 6.92 Å². The molecule has 2 aromatic rings. The maximum absolute atomic E-state index is 11.9. The normalized spacial score (nSPS) is 14.5. The predicted octanol–water partition coefficient (Wildman–Crippen LogP) is 2.36. The summed E-state index contributed by atoms with van der Waals surface area (Å²) in [5.41, 5.74) is 0.101. The van der Waals surface area contributed by atoms with Crippen LogP contribution in [0.1, 0.15) is 18.4 Å². The number of methoxy groups -OCH3 is 1. The summed E-state index contributed by atoms with van der Waals surface area (Å²) < 4.78 is 10.3. The lowest BCUT2D eigenvalue weighted by Crippen LogP contribution is -2.40. The Kier molecular flexibility index (Phi) is 4.65. The van der Waals surface area contributed by atoms with Crippen LogP contribution >= 0.6 is 0 Å². The van der Waals surface area contributed by atoms with Gasteiger partial charge in [0, 0.05) is 37.5 Å². The Labute approximate surface area is 135 Å². The molecule has 0 fully saturated rings. The highest BCUT2D eigenvalue weighted by molar-refractivity contribution is 6.77. The van der Waals surface area contributed by atoms with Crippen molar-refractivity contribution in [1.82, 2.24) is 0 Å². The Bertz CT molecular complexity index is 788. The molecule has 1 aromatic carbocycles. The van der Waals surface area contributed by atoms with E-state index in [9.17, 15) is 14.7 Å². The average molecular weight is 333 g/mol. The first-order valence-electron chi connectivity index (χ1n) is 7.48. The van der Waals surface area contributed by atoms with E-state index >= 15 is 0 Å². The van der Waals surface area contributed by atoms with E-state index in [2.05, 4.69) is 19.6 Å². The number of hydrogen-bond donors (Lipinski definition) is 0. The summed E-state index contributed by atoms with van der Waals surface area (Å²) in [7, 11) is -0.256. The summed E-state index contributed by atoms with van der Waals surface area (Å²) in [4.78, 5) is 23.7. The Balaban J connectivity index is 2.73. The van der Waals surface area contributed by atoms with Gasteiger partial charge in [-0.15, -0.1) is 0 Å². The molecule has 2 atom stereocenters. The maximum Gasteiger partial charge on any atom is 0.336 e. The SMILES string of the molecule is COc1ccc2c(C(C(=O)[O-])C(C)[Si](C)(C)C)cc(=O)oc2c1. The number of carbonyl (C=O) groups excluding carboxylic acids is 1. The number of hydrogen-bond acceptors (Lipinski definition) is 5. The van der Waals surface area contributed by atoms with E-state index in [-0.39, 0.29) is 5.54 Å². The summed E-state index contributed by atoms with van der Waals surface area (Å²) in [6.45, 7) is 8.22. The Morgan fingerprint density at radius 3 is 2.43 bits per heavy atom. The molecule has 0 aliphatic rings. The molecule has 1 aromatic heterocycles. The minimum absolute atomic E-state index is 0.0976.